The number of ether oxygens (including phenoxy) is 4. The SMILES string of the molecule is CCOC(=O)c1c(N2CCN(c3ccc(OC)cc3)CC2)[nH]c(=O)c(C(c2ccc(F)cc2)c2c(O)c(C(=O)OCC)c(N3CCN(c4ccc(OC)cc4)CC3)[nH]c2=O)c1O. The number of carbonyl (C=O) groups is 2. The third kappa shape index (κ3) is 8.55. The van der Waals surface area contributed by atoms with Gasteiger partial charge in [0, 0.05) is 63.7 Å². The minimum atomic E-state index is -1.65. The van der Waals surface area contributed by atoms with Gasteiger partial charge in [0.2, 0.25) is 0 Å². The highest BCUT2D eigenvalue weighted by Gasteiger charge is 2.38. The lowest BCUT2D eigenvalue weighted by Gasteiger charge is -2.38. The molecule has 0 amide bonds. The second kappa shape index (κ2) is 18.6. The maximum atomic E-state index is 14.5. The van der Waals surface area contributed by atoms with E-state index in [1.54, 1.807) is 37.9 Å². The Labute approximate surface area is 356 Å². The molecule has 4 N–H and O–H groups in total. The van der Waals surface area contributed by atoms with E-state index in [0.29, 0.717) is 63.9 Å². The van der Waals surface area contributed by atoms with E-state index < -0.39 is 57.4 Å². The minimum absolute atomic E-state index is 0.00332. The average Bonchev–Trinajstić information content (AvgIpc) is 3.28. The first-order valence-corrected chi connectivity index (χ1v) is 20.3. The van der Waals surface area contributed by atoms with Crippen molar-refractivity contribution < 1.29 is 43.1 Å². The van der Waals surface area contributed by atoms with E-state index in [0.717, 1.165) is 23.5 Å². The highest BCUT2D eigenvalue weighted by Crippen LogP contribution is 2.43. The second-order valence-electron chi connectivity index (χ2n) is 14.6. The molecule has 2 saturated heterocycles. The predicted octanol–water partition coefficient (Wildman–Crippen LogP) is 4.82. The first kappa shape index (κ1) is 42.9. The number of methoxy groups -OCH3 is 2. The summed E-state index contributed by atoms with van der Waals surface area (Å²) in [5, 5.41) is 24.4. The van der Waals surface area contributed by atoms with Gasteiger partial charge in [0.1, 0.15) is 51.6 Å². The molecule has 0 aliphatic carbocycles. The summed E-state index contributed by atoms with van der Waals surface area (Å²) in [6.07, 6.45) is 0. The van der Waals surface area contributed by atoms with Gasteiger partial charge < -0.3 is 58.7 Å². The molecule has 5 aromatic rings. The van der Waals surface area contributed by atoms with Gasteiger partial charge in [0.15, 0.2) is 0 Å². The van der Waals surface area contributed by atoms with Gasteiger partial charge >= 0.3 is 11.9 Å². The number of hydrogen-bond donors (Lipinski definition) is 4. The first-order chi connectivity index (χ1) is 30.0. The van der Waals surface area contributed by atoms with Crippen molar-refractivity contribution in [1.29, 1.82) is 0 Å². The minimum Gasteiger partial charge on any atom is -0.506 e. The number of piperazine rings is 2. The van der Waals surface area contributed by atoms with Crippen molar-refractivity contribution >= 4 is 34.9 Å². The highest BCUT2D eigenvalue weighted by atomic mass is 19.1. The number of halogens is 1. The van der Waals surface area contributed by atoms with Gasteiger partial charge in [-0.1, -0.05) is 12.1 Å². The summed E-state index contributed by atoms with van der Waals surface area (Å²) >= 11 is 0. The fourth-order valence-corrected chi connectivity index (χ4v) is 8.08. The summed E-state index contributed by atoms with van der Waals surface area (Å²) in [7, 11) is 3.17. The summed E-state index contributed by atoms with van der Waals surface area (Å²) in [5.41, 5.74) is -1.63. The predicted molar refractivity (Wildman–Crippen MR) is 232 cm³/mol. The molecule has 326 valence electrons. The maximum absolute atomic E-state index is 14.5. The van der Waals surface area contributed by atoms with Crippen LogP contribution in [0.1, 0.15) is 57.2 Å². The van der Waals surface area contributed by atoms with E-state index in [2.05, 4.69) is 19.8 Å². The molecule has 0 unspecified atom stereocenters. The fourth-order valence-electron chi connectivity index (χ4n) is 8.08. The zero-order chi connectivity index (χ0) is 44.1. The molecule has 62 heavy (non-hydrogen) atoms. The standard InChI is InChI=1S/C45H49FN6O10/c1-5-61-44(57)36-38(53)34(42(55)47-40(36)51-23-19-49(20-24-51)29-11-15-31(59-3)16-12-29)33(27-7-9-28(46)10-8-27)35-39(54)37(45(58)62-6-2)41(48-43(35)56)52-25-21-50(22-26-52)30-13-17-32(60-4)18-14-30/h7-18,33H,5-6,19-26H2,1-4H3,(H2,47,53,55)(H2,48,54,56). The van der Waals surface area contributed by atoms with Gasteiger partial charge in [-0.05, 0) is 80.1 Å². The lowest BCUT2D eigenvalue weighted by Crippen LogP contribution is -2.48. The third-order valence-electron chi connectivity index (χ3n) is 11.2. The number of hydrogen-bond acceptors (Lipinski definition) is 14. The van der Waals surface area contributed by atoms with Crippen molar-refractivity contribution in [3.63, 3.8) is 0 Å². The Morgan fingerprint density at radius 2 is 0.952 bits per heavy atom. The number of aromatic hydroxyl groups is 2. The molecule has 7 rings (SSSR count). The number of carbonyl (C=O) groups excluding carboxylic acids is 2. The van der Waals surface area contributed by atoms with Crippen LogP contribution in [0.2, 0.25) is 0 Å². The quantitative estimate of drug-likeness (QED) is 0.118. The highest BCUT2D eigenvalue weighted by molar-refractivity contribution is 6.00. The number of esters is 2. The molecule has 2 aliphatic heterocycles. The van der Waals surface area contributed by atoms with Crippen LogP contribution in [0.3, 0.4) is 0 Å². The number of H-pyrrole nitrogens is 2. The van der Waals surface area contributed by atoms with Crippen molar-refractivity contribution in [1.82, 2.24) is 9.97 Å². The van der Waals surface area contributed by atoms with Crippen LogP contribution in [-0.2, 0) is 9.47 Å². The molecule has 2 fully saturated rings. The van der Waals surface area contributed by atoms with E-state index in [1.165, 1.54) is 12.1 Å². The smallest absolute Gasteiger partial charge is 0.345 e. The Balaban J connectivity index is 1.32. The van der Waals surface area contributed by atoms with E-state index in [4.69, 9.17) is 18.9 Å². The molecule has 17 heteroatoms. The van der Waals surface area contributed by atoms with Crippen molar-refractivity contribution in [3.05, 3.63) is 127 Å². The largest absolute Gasteiger partial charge is 0.506 e. The van der Waals surface area contributed by atoms with Crippen LogP contribution in [0.4, 0.5) is 27.4 Å². The van der Waals surface area contributed by atoms with Gasteiger partial charge in [-0.15, -0.1) is 0 Å². The van der Waals surface area contributed by atoms with Crippen molar-refractivity contribution in [2.45, 2.75) is 19.8 Å². The zero-order valence-corrected chi connectivity index (χ0v) is 34.9. The van der Waals surface area contributed by atoms with E-state index in [-0.39, 0.29) is 41.5 Å². The molecule has 0 atom stereocenters. The number of aromatic amines is 2. The van der Waals surface area contributed by atoms with Gasteiger partial charge in [-0.3, -0.25) is 9.59 Å². The Bertz CT molecular complexity index is 2360. The maximum Gasteiger partial charge on any atom is 0.345 e. The van der Waals surface area contributed by atoms with Gasteiger partial charge in [-0.2, -0.15) is 0 Å². The van der Waals surface area contributed by atoms with E-state index in [1.807, 2.05) is 48.5 Å². The van der Waals surface area contributed by atoms with Crippen LogP contribution < -0.4 is 40.2 Å². The van der Waals surface area contributed by atoms with Crippen molar-refractivity contribution in [2.75, 3.05) is 99.4 Å². The topological polar surface area (TPSA) is 190 Å². The zero-order valence-electron chi connectivity index (χ0n) is 34.9. The first-order valence-electron chi connectivity index (χ1n) is 20.3. The number of nitrogens with one attached hydrogen (secondary N) is 2. The molecule has 4 heterocycles. The van der Waals surface area contributed by atoms with Crippen LogP contribution in [-0.4, -0.2) is 112 Å². The Morgan fingerprint density at radius 3 is 1.29 bits per heavy atom. The van der Waals surface area contributed by atoms with Crippen LogP contribution in [0, 0.1) is 5.82 Å². The van der Waals surface area contributed by atoms with Crippen molar-refractivity contribution in [3.8, 4) is 23.0 Å². The summed E-state index contributed by atoms with van der Waals surface area (Å²) < 4.78 is 35.8. The van der Waals surface area contributed by atoms with Crippen LogP contribution in [0.5, 0.6) is 23.0 Å². The number of pyridine rings is 2. The van der Waals surface area contributed by atoms with Crippen molar-refractivity contribution in [2.24, 2.45) is 0 Å². The number of aromatic nitrogens is 2. The molecule has 3 aromatic carbocycles. The Kier molecular flexibility index (Phi) is 12.9. The normalized spacial score (nSPS) is 14.2. The average molecular weight is 853 g/mol. The number of anilines is 4. The van der Waals surface area contributed by atoms with Crippen LogP contribution in [0.15, 0.2) is 82.4 Å². The lowest BCUT2D eigenvalue weighted by atomic mass is 9.83. The second-order valence-corrected chi connectivity index (χ2v) is 14.6. The summed E-state index contributed by atoms with van der Waals surface area (Å²) in [4.78, 5) is 69.8. The molecule has 2 aliphatic rings. The van der Waals surface area contributed by atoms with Crippen LogP contribution >= 0.6 is 0 Å². The Morgan fingerprint density at radius 1 is 0.597 bits per heavy atom. The third-order valence-corrected chi connectivity index (χ3v) is 11.2. The summed E-state index contributed by atoms with van der Waals surface area (Å²) in [6, 6.07) is 19.9. The van der Waals surface area contributed by atoms with Crippen LogP contribution in [0.25, 0.3) is 0 Å². The van der Waals surface area contributed by atoms with E-state index >= 15 is 0 Å². The van der Waals surface area contributed by atoms with E-state index in [9.17, 15) is 33.8 Å². The van der Waals surface area contributed by atoms with Gasteiger partial charge in [-0.25, -0.2) is 14.0 Å². The summed E-state index contributed by atoms with van der Waals surface area (Å²) in [6.45, 7) is 6.29. The molecule has 16 nitrogen and oxygen atoms in total. The Hall–Kier alpha value is -7.17. The monoisotopic (exact) mass is 852 g/mol. The molecular formula is C45H49FN6O10. The molecular weight excluding hydrogens is 804 g/mol. The number of nitrogens with zero attached hydrogens (tertiary/aromatic N) is 4. The molecule has 0 spiro atoms. The fraction of sp³-hybridized carbons (Fsp3) is 0.333. The number of rotatable bonds is 13. The lowest BCUT2D eigenvalue weighted by molar-refractivity contribution is 0.0513. The summed E-state index contributed by atoms with van der Waals surface area (Å²) in [5.74, 6) is -4.42. The molecule has 0 radical (unpaired) electrons. The molecule has 0 bridgehead atoms. The molecule has 2 aromatic heterocycles. The molecule has 0 saturated carbocycles. The van der Waals surface area contributed by atoms with Gasteiger partial charge in [0.25, 0.3) is 11.1 Å². The van der Waals surface area contributed by atoms with Gasteiger partial charge in [0.05, 0.1) is 44.5 Å². The number of benzene rings is 3.